The van der Waals surface area contributed by atoms with E-state index in [1.54, 1.807) is 24.8 Å². The van der Waals surface area contributed by atoms with Crippen LogP contribution in [-0.2, 0) is 7.05 Å². The van der Waals surface area contributed by atoms with E-state index in [1.807, 2.05) is 22.7 Å². The number of aryl methyl sites for hydroxylation is 1. The summed E-state index contributed by atoms with van der Waals surface area (Å²) in [7, 11) is 1.89. The first-order valence-electron chi connectivity index (χ1n) is 7.99. The normalized spacial score (nSPS) is 19.6. The molecule has 4 rings (SSSR count). The molecule has 1 aliphatic heterocycles. The van der Waals surface area contributed by atoms with Gasteiger partial charge in [-0.1, -0.05) is 0 Å². The van der Waals surface area contributed by atoms with Crippen molar-refractivity contribution >= 4 is 5.95 Å². The summed E-state index contributed by atoms with van der Waals surface area (Å²) in [6, 6.07) is 1.78. The summed E-state index contributed by atoms with van der Waals surface area (Å²) in [6.45, 7) is 1.51. The Morgan fingerprint density at radius 3 is 3.08 bits per heavy atom. The number of aliphatic hydroxyl groups excluding tert-OH is 1. The van der Waals surface area contributed by atoms with Crippen LogP contribution < -0.4 is 4.90 Å². The molecule has 1 aliphatic rings. The van der Waals surface area contributed by atoms with Gasteiger partial charge in [-0.3, -0.25) is 0 Å². The second-order valence-corrected chi connectivity index (χ2v) is 6.10. The molecule has 1 N–H and O–H groups in total. The number of furan rings is 1. The van der Waals surface area contributed by atoms with Gasteiger partial charge in [0.2, 0.25) is 0 Å². The second kappa shape index (κ2) is 6.12. The smallest absolute Gasteiger partial charge is 0.266 e. The predicted molar refractivity (Wildman–Crippen MR) is 85.1 cm³/mol. The summed E-state index contributed by atoms with van der Waals surface area (Å²) >= 11 is 0. The molecule has 126 valence electrons. The summed E-state index contributed by atoms with van der Waals surface area (Å²) in [5, 5.41) is 14.7. The van der Waals surface area contributed by atoms with E-state index in [0.29, 0.717) is 24.2 Å². The van der Waals surface area contributed by atoms with Crippen LogP contribution in [0.4, 0.5) is 5.95 Å². The van der Waals surface area contributed by atoms with Crippen molar-refractivity contribution in [3.63, 3.8) is 0 Å². The van der Waals surface area contributed by atoms with Crippen LogP contribution in [0.3, 0.4) is 0 Å². The standard InChI is InChI=1S/C16H19N5O3/c1-20-7-5-17-14(20)13(22)11-3-2-6-21(9-11)16-18-15(24-19-16)12-4-8-23-10-12/h4-5,7-8,10-11,13,22H,2-3,6,9H2,1H3. The van der Waals surface area contributed by atoms with Crippen molar-refractivity contribution in [2.24, 2.45) is 13.0 Å². The highest BCUT2D eigenvalue weighted by atomic mass is 16.5. The summed E-state index contributed by atoms with van der Waals surface area (Å²) in [6.07, 6.45) is 7.98. The highest BCUT2D eigenvalue weighted by Crippen LogP contribution is 2.31. The number of aliphatic hydroxyl groups is 1. The number of anilines is 1. The number of hydrogen-bond donors (Lipinski definition) is 1. The van der Waals surface area contributed by atoms with E-state index < -0.39 is 6.10 Å². The van der Waals surface area contributed by atoms with Gasteiger partial charge in [0.25, 0.3) is 11.8 Å². The minimum atomic E-state index is -0.604. The van der Waals surface area contributed by atoms with Crippen LogP contribution in [-0.4, -0.2) is 37.9 Å². The van der Waals surface area contributed by atoms with Crippen molar-refractivity contribution in [1.82, 2.24) is 19.7 Å². The molecule has 8 heteroatoms. The number of piperidine rings is 1. The van der Waals surface area contributed by atoms with Gasteiger partial charge in [0, 0.05) is 38.4 Å². The van der Waals surface area contributed by atoms with Gasteiger partial charge in [-0.25, -0.2) is 4.98 Å². The van der Waals surface area contributed by atoms with Gasteiger partial charge < -0.3 is 23.5 Å². The first-order chi connectivity index (χ1) is 11.7. The van der Waals surface area contributed by atoms with E-state index >= 15 is 0 Å². The average Bonchev–Trinajstić information content (AvgIpc) is 3.35. The Balaban J connectivity index is 1.50. The molecule has 0 amide bonds. The van der Waals surface area contributed by atoms with Crippen LogP contribution in [0.15, 0.2) is 39.9 Å². The van der Waals surface area contributed by atoms with Crippen molar-refractivity contribution in [1.29, 1.82) is 0 Å². The predicted octanol–water partition coefficient (Wildman–Crippen LogP) is 2.01. The van der Waals surface area contributed by atoms with Gasteiger partial charge in [-0.05, 0) is 24.1 Å². The molecule has 0 aliphatic carbocycles. The van der Waals surface area contributed by atoms with Crippen molar-refractivity contribution in [2.75, 3.05) is 18.0 Å². The quantitative estimate of drug-likeness (QED) is 0.782. The minimum Gasteiger partial charge on any atom is -0.472 e. The summed E-state index contributed by atoms with van der Waals surface area (Å²) in [4.78, 5) is 10.7. The SMILES string of the molecule is Cn1ccnc1C(O)C1CCCN(c2noc(-c3ccoc3)n2)C1. The summed E-state index contributed by atoms with van der Waals surface area (Å²) in [5.41, 5.74) is 0.760. The Labute approximate surface area is 138 Å². The van der Waals surface area contributed by atoms with Crippen molar-refractivity contribution in [3.05, 3.63) is 36.8 Å². The first-order valence-corrected chi connectivity index (χ1v) is 7.99. The monoisotopic (exact) mass is 329 g/mol. The fraction of sp³-hybridized carbons (Fsp3) is 0.438. The van der Waals surface area contributed by atoms with E-state index in [0.717, 1.165) is 24.9 Å². The third-order valence-corrected chi connectivity index (χ3v) is 4.49. The zero-order valence-corrected chi connectivity index (χ0v) is 13.4. The van der Waals surface area contributed by atoms with E-state index in [-0.39, 0.29) is 5.92 Å². The van der Waals surface area contributed by atoms with E-state index in [9.17, 15) is 5.11 Å². The van der Waals surface area contributed by atoms with Crippen LogP contribution in [0.5, 0.6) is 0 Å². The number of rotatable bonds is 4. The first kappa shape index (κ1) is 14.9. The molecule has 0 aromatic carbocycles. The molecule has 1 saturated heterocycles. The van der Waals surface area contributed by atoms with E-state index in [4.69, 9.17) is 8.94 Å². The lowest BCUT2D eigenvalue weighted by Gasteiger charge is -2.33. The molecule has 4 heterocycles. The third-order valence-electron chi connectivity index (χ3n) is 4.49. The molecular formula is C16H19N5O3. The zero-order valence-electron chi connectivity index (χ0n) is 13.4. The lowest BCUT2D eigenvalue weighted by molar-refractivity contribution is 0.0871. The van der Waals surface area contributed by atoms with Crippen LogP contribution in [0.25, 0.3) is 11.5 Å². The largest absolute Gasteiger partial charge is 0.472 e. The fourth-order valence-electron chi connectivity index (χ4n) is 3.17. The van der Waals surface area contributed by atoms with Crippen molar-refractivity contribution in [2.45, 2.75) is 18.9 Å². The number of aromatic nitrogens is 4. The van der Waals surface area contributed by atoms with Crippen LogP contribution in [0.1, 0.15) is 24.8 Å². The lowest BCUT2D eigenvalue weighted by Crippen LogP contribution is -2.39. The van der Waals surface area contributed by atoms with Gasteiger partial charge in [-0.2, -0.15) is 4.98 Å². The number of imidazole rings is 1. The molecule has 2 atom stereocenters. The third kappa shape index (κ3) is 2.69. The number of hydrogen-bond acceptors (Lipinski definition) is 7. The van der Waals surface area contributed by atoms with E-state index in [1.165, 1.54) is 0 Å². The Morgan fingerprint density at radius 1 is 1.42 bits per heavy atom. The lowest BCUT2D eigenvalue weighted by atomic mass is 9.92. The highest BCUT2D eigenvalue weighted by Gasteiger charge is 2.31. The van der Waals surface area contributed by atoms with Gasteiger partial charge in [0.1, 0.15) is 18.2 Å². The molecule has 8 nitrogen and oxygen atoms in total. The van der Waals surface area contributed by atoms with Crippen molar-refractivity contribution in [3.8, 4) is 11.5 Å². The van der Waals surface area contributed by atoms with Gasteiger partial charge >= 0.3 is 0 Å². The molecule has 0 radical (unpaired) electrons. The topological polar surface area (TPSA) is 93.3 Å². The Kier molecular flexibility index (Phi) is 3.81. The Morgan fingerprint density at radius 2 is 2.33 bits per heavy atom. The van der Waals surface area contributed by atoms with Gasteiger partial charge in [-0.15, -0.1) is 0 Å². The van der Waals surface area contributed by atoms with Gasteiger partial charge in [0.05, 0.1) is 11.8 Å². The van der Waals surface area contributed by atoms with E-state index in [2.05, 4.69) is 15.1 Å². The molecular weight excluding hydrogens is 310 g/mol. The maximum absolute atomic E-state index is 10.6. The molecule has 2 unspecified atom stereocenters. The average molecular weight is 329 g/mol. The van der Waals surface area contributed by atoms with Crippen LogP contribution >= 0.6 is 0 Å². The molecule has 0 bridgehead atoms. The molecule has 3 aromatic rings. The second-order valence-electron chi connectivity index (χ2n) is 6.10. The molecule has 0 spiro atoms. The minimum absolute atomic E-state index is 0.0794. The van der Waals surface area contributed by atoms with Crippen LogP contribution in [0.2, 0.25) is 0 Å². The highest BCUT2D eigenvalue weighted by molar-refractivity contribution is 5.52. The van der Waals surface area contributed by atoms with Crippen molar-refractivity contribution < 1.29 is 14.0 Å². The Bertz CT molecular complexity index is 794. The molecule has 1 fully saturated rings. The maximum atomic E-state index is 10.6. The zero-order chi connectivity index (χ0) is 16.5. The summed E-state index contributed by atoms with van der Waals surface area (Å²) < 4.78 is 12.2. The van der Waals surface area contributed by atoms with Crippen LogP contribution in [0, 0.1) is 5.92 Å². The summed E-state index contributed by atoms with van der Waals surface area (Å²) in [5.74, 6) is 1.75. The fourth-order valence-corrected chi connectivity index (χ4v) is 3.17. The number of nitrogens with zero attached hydrogens (tertiary/aromatic N) is 5. The Hall–Kier alpha value is -2.61. The van der Waals surface area contributed by atoms with Gasteiger partial charge in [0.15, 0.2) is 0 Å². The molecule has 0 saturated carbocycles. The molecule has 3 aromatic heterocycles. The maximum Gasteiger partial charge on any atom is 0.266 e. The molecule has 24 heavy (non-hydrogen) atoms.